The number of carbonyl (C=O) groups is 1. The van der Waals surface area contributed by atoms with Crippen LogP contribution in [0.4, 0.5) is 5.82 Å². The second-order valence-electron chi connectivity index (χ2n) is 9.61. The number of allylic oxidation sites excluding steroid dienone is 5. The topological polar surface area (TPSA) is 110 Å². The minimum Gasteiger partial charge on any atom is -0.402 e. The number of anilines is 1. The second kappa shape index (κ2) is 13.1. The number of pyridine rings is 1. The smallest absolute Gasteiger partial charge is 0.225 e. The largest absolute Gasteiger partial charge is 0.402 e. The fraction of sp³-hybridized carbons (Fsp3) is 0.519. The fourth-order valence-corrected chi connectivity index (χ4v) is 4.88. The first-order chi connectivity index (χ1) is 16.9. The lowest BCUT2D eigenvalue weighted by Crippen LogP contribution is -2.46. The van der Waals surface area contributed by atoms with E-state index in [0.29, 0.717) is 24.1 Å². The zero-order valence-electron chi connectivity index (χ0n) is 21.2. The van der Waals surface area contributed by atoms with Crippen molar-refractivity contribution < 1.29 is 9.63 Å². The molecule has 2 aliphatic rings. The first-order valence-electron chi connectivity index (χ1n) is 12.5. The quantitative estimate of drug-likeness (QED) is 0.318. The highest BCUT2D eigenvalue weighted by molar-refractivity contribution is 5.89. The maximum atomic E-state index is 13.2. The number of hydrogen-bond acceptors (Lipinski definition) is 7. The molecule has 1 aromatic heterocycles. The van der Waals surface area contributed by atoms with Crippen LogP contribution in [-0.4, -0.2) is 59.7 Å². The van der Waals surface area contributed by atoms with Crippen molar-refractivity contribution in [3.63, 3.8) is 0 Å². The molecule has 35 heavy (non-hydrogen) atoms. The Hall–Kier alpha value is -3.13. The number of aromatic nitrogens is 1. The molecule has 0 unspecified atom stereocenters. The Balaban J connectivity index is 1.45. The average Bonchev–Trinajstić information content (AvgIpc) is 2.84. The van der Waals surface area contributed by atoms with E-state index in [0.717, 1.165) is 75.4 Å². The Kier molecular flexibility index (Phi) is 9.90. The van der Waals surface area contributed by atoms with Crippen molar-refractivity contribution in [2.75, 3.05) is 39.0 Å². The van der Waals surface area contributed by atoms with Gasteiger partial charge in [0.05, 0.1) is 5.71 Å². The molecule has 8 heteroatoms. The van der Waals surface area contributed by atoms with E-state index in [9.17, 15) is 4.79 Å². The summed E-state index contributed by atoms with van der Waals surface area (Å²) in [6, 6.07) is 3.93. The minimum absolute atomic E-state index is 0.112. The predicted molar refractivity (Wildman–Crippen MR) is 141 cm³/mol. The molecule has 190 valence electrons. The summed E-state index contributed by atoms with van der Waals surface area (Å²) in [6.07, 6.45) is 11.7. The van der Waals surface area contributed by atoms with Gasteiger partial charge in [-0.1, -0.05) is 23.9 Å². The van der Waals surface area contributed by atoms with Gasteiger partial charge in [-0.25, -0.2) is 4.98 Å². The summed E-state index contributed by atoms with van der Waals surface area (Å²) in [6.45, 7) is 10.2. The number of oxime groups is 1. The molecule has 2 saturated heterocycles. The Morgan fingerprint density at radius 2 is 1.91 bits per heavy atom. The molecule has 1 aromatic rings. The predicted octanol–water partition coefficient (Wildman–Crippen LogP) is 3.48. The van der Waals surface area contributed by atoms with Crippen molar-refractivity contribution in [3.8, 4) is 0 Å². The summed E-state index contributed by atoms with van der Waals surface area (Å²) in [7, 11) is 1.58. The molecule has 0 saturated carbocycles. The maximum absolute atomic E-state index is 13.2. The van der Waals surface area contributed by atoms with Gasteiger partial charge < -0.3 is 21.2 Å². The SMILES string of the molecule is C=C(/C=C\C=C(/C)N)CC(=NOC)C1CCN(C(=O)C2CCN(Cc3ccnc(N)c3)CC2)CC1. The molecule has 4 N–H and O–H groups in total. The zero-order chi connectivity index (χ0) is 25.2. The van der Waals surface area contributed by atoms with Gasteiger partial charge in [-0.2, -0.15) is 0 Å². The van der Waals surface area contributed by atoms with Crippen LogP contribution in [0, 0.1) is 11.8 Å². The lowest BCUT2D eigenvalue weighted by molar-refractivity contribution is -0.138. The normalized spacial score (nSPS) is 19.3. The number of nitrogen functional groups attached to an aromatic ring is 1. The van der Waals surface area contributed by atoms with Gasteiger partial charge in [0.1, 0.15) is 12.9 Å². The van der Waals surface area contributed by atoms with E-state index in [1.807, 2.05) is 42.2 Å². The average molecular weight is 481 g/mol. The highest BCUT2D eigenvalue weighted by Crippen LogP contribution is 2.27. The monoisotopic (exact) mass is 480 g/mol. The molecule has 0 bridgehead atoms. The molecule has 0 aromatic carbocycles. The van der Waals surface area contributed by atoms with E-state index in [1.165, 1.54) is 5.56 Å². The summed E-state index contributed by atoms with van der Waals surface area (Å²) in [4.78, 5) is 26.8. The molecule has 3 heterocycles. The van der Waals surface area contributed by atoms with Crippen LogP contribution in [0.2, 0.25) is 0 Å². The molecule has 0 aliphatic carbocycles. The van der Waals surface area contributed by atoms with Crippen molar-refractivity contribution in [3.05, 3.63) is 60.0 Å². The van der Waals surface area contributed by atoms with Crippen LogP contribution < -0.4 is 11.5 Å². The zero-order valence-corrected chi connectivity index (χ0v) is 21.2. The minimum atomic E-state index is 0.112. The number of nitrogens with zero attached hydrogens (tertiary/aromatic N) is 4. The van der Waals surface area contributed by atoms with Crippen LogP contribution in [0.15, 0.2) is 59.6 Å². The molecular weight excluding hydrogens is 440 g/mol. The van der Waals surface area contributed by atoms with E-state index in [1.54, 1.807) is 13.3 Å². The fourth-order valence-electron chi connectivity index (χ4n) is 4.88. The third-order valence-corrected chi connectivity index (χ3v) is 6.77. The van der Waals surface area contributed by atoms with Crippen molar-refractivity contribution in [1.82, 2.24) is 14.8 Å². The van der Waals surface area contributed by atoms with E-state index in [4.69, 9.17) is 16.3 Å². The van der Waals surface area contributed by atoms with Gasteiger partial charge >= 0.3 is 0 Å². The van der Waals surface area contributed by atoms with E-state index in [2.05, 4.69) is 21.6 Å². The molecule has 2 aliphatic heterocycles. The van der Waals surface area contributed by atoms with Gasteiger partial charge in [-0.05, 0) is 75.0 Å². The third-order valence-electron chi connectivity index (χ3n) is 6.77. The molecule has 2 fully saturated rings. The molecule has 0 spiro atoms. The van der Waals surface area contributed by atoms with Crippen LogP contribution in [0.3, 0.4) is 0 Å². The summed E-state index contributed by atoms with van der Waals surface area (Å²) < 4.78 is 0. The number of rotatable bonds is 9. The first-order valence-corrected chi connectivity index (χ1v) is 12.5. The van der Waals surface area contributed by atoms with Gasteiger partial charge in [0, 0.05) is 49.8 Å². The van der Waals surface area contributed by atoms with Gasteiger partial charge in [-0.15, -0.1) is 0 Å². The molecule has 3 rings (SSSR count). The van der Waals surface area contributed by atoms with Gasteiger partial charge in [0.2, 0.25) is 5.91 Å². The highest BCUT2D eigenvalue weighted by Gasteiger charge is 2.32. The van der Waals surface area contributed by atoms with E-state index >= 15 is 0 Å². The van der Waals surface area contributed by atoms with Crippen molar-refractivity contribution >= 4 is 17.4 Å². The summed E-state index contributed by atoms with van der Waals surface area (Å²) >= 11 is 0. The van der Waals surface area contributed by atoms with E-state index in [-0.39, 0.29) is 5.92 Å². The number of amides is 1. The molecule has 1 amide bonds. The van der Waals surface area contributed by atoms with Crippen LogP contribution in [0.25, 0.3) is 0 Å². The Bertz CT molecular complexity index is 950. The van der Waals surface area contributed by atoms with Crippen LogP contribution in [-0.2, 0) is 16.2 Å². The van der Waals surface area contributed by atoms with Crippen molar-refractivity contribution in [2.24, 2.45) is 22.7 Å². The summed E-state index contributed by atoms with van der Waals surface area (Å²) in [5.74, 6) is 1.26. The second-order valence-corrected chi connectivity index (χ2v) is 9.61. The Morgan fingerprint density at radius 1 is 1.23 bits per heavy atom. The number of carbonyl (C=O) groups excluding carboxylic acids is 1. The van der Waals surface area contributed by atoms with Crippen molar-refractivity contribution in [1.29, 1.82) is 0 Å². The number of likely N-dealkylation sites (tertiary alicyclic amines) is 2. The lowest BCUT2D eigenvalue weighted by Gasteiger charge is -2.37. The summed E-state index contributed by atoms with van der Waals surface area (Å²) in [5.41, 5.74) is 15.3. The lowest BCUT2D eigenvalue weighted by atomic mass is 9.87. The summed E-state index contributed by atoms with van der Waals surface area (Å²) in [5, 5.41) is 4.30. The molecule has 0 atom stereocenters. The van der Waals surface area contributed by atoms with E-state index < -0.39 is 0 Å². The standard InChI is InChI=1S/C27H40N6O2/c1-20(5-4-6-21(2)28)17-25(31-35-3)23-10-15-33(16-11-23)27(34)24-8-13-32(14-9-24)19-22-7-12-30-26(29)18-22/h4-7,12,18,23-24H,1,8-11,13-17,19,28H2,2-3H3,(H2,29,30)/b5-4-,21-6+,31-25?. The molecule has 0 radical (unpaired) electrons. The Morgan fingerprint density at radius 3 is 2.54 bits per heavy atom. The number of hydrogen-bond donors (Lipinski definition) is 2. The Labute approximate surface area is 209 Å². The maximum Gasteiger partial charge on any atom is 0.225 e. The van der Waals surface area contributed by atoms with Crippen LogP contribution >= 0.6 is 0 Å². The van der Waals surface area contributed by atoms with Gasteiger partial charge in [0.25, 0.3) is 0 Å². The van der Waals surface area contributed by atoms with Crippen LogP contribution in [0.1, 0.15) is 44.6 Å². The highest BCUT2D eigenvalue weighted by atomic mass is 16.6. The van der Waals surface area contributed by atoms with Crippen molar-refractivity contribution in [2.45, 2.75) is 45.6 Å². The van der Waals surface area contributed by atoms with Gasteiger partial charge in [0.15, 0.2) is 0 Å². The van der Waals surface area contributed by atoms with Gasteiger partial charge in [-0.3, -0.25) is 9.69 Å². The third kappa shape index (κ3) is 8.24. The van der Waals surface area contributed by atoms with Crippen LogP contribution in [0.5, 0.6) is 0 Å². The first kappa shape index (κ1) is 26.5. The molecule has 8 nitrogen and oxygen atoms in total. The number of nitrogens with two attached hydrogens (primary N) is 2. The molecular formula is C27H40N6O2. The number of piperidine rings is 2.